The summed E-state index contributed by atoms with van der Waals surface area (Å²) in [5, 5.41) is 0. The molecule has 0 amide bonds. The molecule has 0 saturated heterocycles. The van der Waals surface area contributed by atoms with E-state index in [9.17, 15) is 9.59 Å². The minimum Gasteiger partial charge on any atom is -0.463 e. The number of unbranched alkanes of at least 4 members (excludes halogenated alkanes) is 40. The van der Waals surface area contributed by atoms with Gasteiger partial charge in [0, 0.05) is 19.4 Å². The first-order valence-corrected chi connectivity index (χ1v) is 28.2. The summed E-state index contributed by atoms with van der Waals surface area (Å²) in [7, 11) is 0. The fourth-order valence-electron chi connectivity index (χ4n) is 8.54. The number of esters is 2. The van der Waals surface area contributed by atoms with Crippen molar-refractivity contribution < 1.29 is 23.8 Å². The Kier molecular flexibility index (Phi) is 52.8. The molecule has 368 valence electrons. The number of allylic oxidation sites excluding steroid dienone is 2. The third kappa shape index (κ3) is 51.3. The fourth-order valence-corrected chi connectivity index (χ4v) is 8.54. The molecule has 0 radical (unpaired) electrons. The Hall–Kier alpha value is -1.36. The maximum atomic E-state index is 12.6. The molecular weight excluding hydrogens is 765 g/mol. The van der Waals surface area contributed by atoms with Crippen LogP contribution in [0.3, 0.4) is 0 Å². The van der Waals surface area contributed by atoms with E-state index in [1.807, 2.05) is 0 Å². The first-order chi connectivity index (χ1) is 30.6. The van der Waals surface area contributed by atoms with Crippen molar-refractivity contribution in [1.29, 1.82) is 0 Å². The molecule has 0 unspecified atom stereocenters. The van der Waals surface area contributed by atoms with Gasteiger partial charge in [0.05, 0.1) is 0 Å². The van der Waals surface area contributed by atoms with Gasteiger partial charge in [0.1, 0.15) is 19.3 Å². The molecular formula is C57H110O5. The van der Waals surface area contributed by atoms with Crippen molar-refractivity contribution >= 4 is 11.9 Å². The molecule has 0 aliphatic rings. The highest BCUT2D eigenvalue weighted by molar-refractivity contribution is 5.69. The van der Waals surface area contributed by atoms with Gasteiger partial charge in [0.25, 0.3) is 0 Å². The lowest BCUT2D eigenvalue weighted by molar-refractivity contribution is -0.155. The summed E-state index contributed by atoms with van der Waals surface area (Å²) in [6.45, 7) is 7.79. The lowest BCUT2D eigenvalue weighted by Crippen LogP contribution is -2.29. The van der Waals surface area contributed by atoms with E-state index >= 15 is 0 Å². The van der Waals surface area contributed by atoms with Crippen LogP contribution >= 0.6 is 0 Å². The molecule has 0 rings (SSSR count). The van der Waals surface area contributed by atoms with Crippen LogP contribution in [0.15, 0.2) is 12.2 Å². The van der Waals surface area contributed by atoms with Crippen molar-refractivity contribution in [2.45, 2.75) is 322 Å². The highest BCUT2D eigenvalue weighted by Crippen LogP contribution is 2.17. The van der Waals surface area contributed by atoms with Crippen LogP contribution in [0.5, 0.6) is 0 Å². The second-order valence-corrected chi connectivity index (χ2v) is 19.2. The van der Waals surface area contributed by atoms with Crippen molar-refractivity contribution in [2.75, 3.05) is 19.8 Å². The van der Waals surface area contributed by atoms with Gasteiger partial charge in [-0.3, -0.25) is 9.59 Å². The van der Waals surface area contributed by atoms with E-state index in [2.05, 4.69) is 32.9 Å². The summed E-state index contributed by atoms with van der Waals surface area (Å²) in [5.41, 5.74) is 0. The average molecular weight is 876 g/mol. The minimum absolute atomic E-state index is 0.157. The monoisotopic (exact) mass is 875 g/mol. The molecule has 62 heavy (non-hydrogen) atoms. The van der Waals surface area contributed by atoms with Crippen molar-refractivity contribution in [1.82, 2.24) is 0 Å². The minimum atomic E-state index is -0.394. The molecule has 0 fully saturated rings. The van der Waals surface area contributed by atoms with Crippen LogP contribution in [0, 0.1) is 0 Å². The molecule has 0 saturated carbocycles. The van der Waals surface area contributed by atoms with Crippen LogP contribution in [0.1, 0.15) is 316 Å². The lowest BCUT2D eigenvalue weighted by atomic mass is 10.0. The Morgan fingerprint density at radius 2 is 0.565 bits per heavy atom. The number of ether oxygens (including phenoxy) is 3. The summed E-state index contributed by atoms with van der Waals surface area (Å²) in [6.07, 6.45) is 62.4. The molecule has 0 aromatic rings. The van der Waals surface area contributed by atoms with Gasteiger partial charge in [-0.15, -0.1) is 0 Å². The number of hydrogen-bond acceptors (Lipinski definition) is 5. The molecule has 1 atom stereocenters. The standard InChI is InChI=1S/C57H110O5/c1-4-7-10-13-16-19-22-25-28-31-34-37-40-43-46-49-52-60-55(53-61-56(58)50-47-44-41-38-35-32-29-26-23-20-17-14-11-8-5-2)54-62-57(59)51-48-45-42-39-36-33-30-27-24-21-18-15-12-9-6-3/h26,29,55H,4-25,27-28,30-54H2,1-3H3/b29-26-/t55-/m1/s1. The van der Waals surface area contributed by atoms with E-state index in [-0.39, 0.29) is 25.2 Å². The predicted molar refractivity (Wildman–Crippen MR) is 270 cm³/mol. The molecule has 5 nitrogen and oxygen atoms in total. The van der Waals surface area contributed by atoms with Gasteiger partial charge in [0.15, 0.2) is 0 Å². The van der Waals surface area contributed by atoms with E-state index in [4.69, 9.17) is 14.2 Å². The Bertz CT molecular complexity index is 902. The predicted octanol–water partition coefficient (Wildman–Crippen LogP) is 19.0. The quantitative estimate of drug-likeness (QED) is 0.0346. The van der Waals surface area contributed by atoms with Gasteiger partial charge in [-0.2, -0.15) is 0 Å². The molecule has 0 bridgehead atoms. The van der Waals surface area contributed by atoms with Crippen LogP contribution in [0.4, 0.5) is 0 Å². The van der Waals surface area contributed by atoms with Gasteiger partial charge in [-0.05, 0) is 44.9 Å². The number of rotatable bonds is 53. The third-order valence-corrected chi connectivity index (χ3v) is 12.8. The Labute approximate surface area is 388 Å². The summed E-state index contributed by atoms with van der Waals surface area (Å²) in [4.78, 5) is 25.3. The third-order valence-electron chi connectivity index (χ3n) is 12.8. The van der Waals surface area contributed by atoms with E-state index < -0.39 is 6.10 Å². The summed E-state index contributed by atoms with van der Waals surface area (Å²) < 4.78 is 17.5. The number of carbonyl (C=O) groups excluding carboxylic acids is 2. The maximum Gasteiger partial charge on any atom is 0.305 e. The van der Waals surface area contributed by atoms with Crippen LogP contribution in [0.2, 0.25) is 0 Å². The highest BCUT2D eigenvalue weighted by atomic mass is 16.6. The summed E-state index contributed by atoms with van der Waals surface area (Å²) >= 11 is 0. The van der Waals surface area contributed by atoms with Crippen LogP contribution in [-0.2, 0) is 23.8 Å². The van der Waals surface area contributed by atoms with E-state index in [1.165, 1.54) is 244 Å². The topological polar surface area (TPSA) is 61.8 Å². The fraction of sp³-hybridized carbons (Fsp3) is 0.930. The molecule has 0 heterocycles. The van der Waals surface area contributed by atoms with Crippen LogP contribution < -0.4 is 0 Å². The van der Waals surface area contributed by atoms with Crippen molar-refractivity contribution in [2.24, 2.45) is 0 Å². The van der Waals surface area contributed by atoms with Crippen LogP contribution in [0.25, 0.3) is 0 Å². The molecule has 5 heteroatoms. The SMILES string of the molecule is CCCCCCCC/C=C\CCCCCCCC(=O)OC[C@H](COC(=O)CCCCCCCCCCCCCCCCC)OCCCCCCCCCCCCCCCCCC. The molecule has 0 aromatic heterocycles. The number of carbonyl (C=O) groups is 2. The Morgan fingerprint density at radius 3 is 0.855 bits per heavy atom. The van der Waals surface area contributed by atoms with Gasteiger partial charge in [0.2, 0.25) is 0 Å². The second kappa shape index (κ2) is 54.0. The molecule has 0 spiro atoms. The zero-order valence-electron chi connectivity index (χ0n) is 42.4. The van der Waals surface area contributed by atoms with Gasteiger partial charge in [-0.1, -0.05) is 270 Å². The zero-order valence-corrected chi connectivity index (χ0v) is 42.4. The van der Waals surface area contributed by atoms with E-state index in [0.29, 0.717) is 19.4 Å². The Balaban J connectivity index is 4.21. The first-order valence-electron chi connectivity index (χ1n) is 28.2. The van der Waals surface area contributed by atoms with Crippen LogP contribution in [-0.4, -0.2) is 37.9 Å². The van der Waals surface area contributed by atoms with E-state index in [0.717, 1.165) is 38.5 Å². The highest BCUT2D eigenvalue weighted by Gasteiger charge is 2.16. The van der Waals surface area contributed by atoms with Crippen molar-refractivity contribution in [3.63, 3.8) is 0 Å². The van der Waals surface area contributed by atoms with Crippen molar-refractivity contribution in [3.8, 4) is 0 Å². The summed E-state index contributed by atoms with van der Waals surface area (Å²) in [5.74, 6) is -0.321. The lowest BCUT2D eigenvalue weighted by Gasteiger charge is -2.18. The smallest absolute Gasteiger partial charge is 0.305 e. The van der Waals surface area contributed by atoms with Gasteiger partial charge < -0.3 is 14.2 Å². The maximum absolute atomic E-state index is 12.6. The molecule has 0 aliphatic carbocycles. The summed E-state index contributed by atoms with van der Waals surface area (Å²) in [6, 6.07) is 0. The normalized spacial score (nSPS) is 12.1. The largest absolute Gasteiger partial charge is 0.463 e. The number of hydrogen-bond donors (Lipinski definition) is 0. The van der Waals surface area contributed by atoms with Gasteiger partial charge in [-0.25, -0.2) is 0 Å². The van der Waals surface area contributed by atoms with E-state index in [1.54, 1.807) is 0 Å². The van der Waals surface area contributed by atoms with Gasteiger partial charge >= 0.3 is 11.9 Å². The average Bonchev–Trinajstić information content (AvgIpc) is 3.28. The first kappa shape index (κ1) is 60.6. The van der Waals surface area contributed by atoms with Crippen molar-refractivity contribution in [3.05, 3.63) is 12.2 Å². The Morgan fingerprint density at radius 1 is 0.323 bits per heavy atom. The molecule has 0 aliphatic heterocycles. The molecule has 0 aromatic carbocycles. The second-order valence-electron chi connectivity index (χ2n) is 19.2. The zero-order chi connectivity index (χ0) is 44.9. The molecule has 0 N–H and O–H groups in total.